The molecule has 0 rings (SSSR count). The summed E-state index contributed by atoms with van der Waals surface area (Å²) in [5.41, 5.74) is 0.167. The molecule has 0 spiro atoms. The highest BCUT2D eigenvalue weighted by molar-refractivity contribution is 7.90. The van der Waals surface area contributed by atoms with Crippen LogP contribution < -0.4 is 5.32 Å². The van der Waals surface area contributed by atoms with Crippen molar-refractivity contribution in [2.75, 3.05) is 12.0 Å². The van der Waals surface area contributed by atoms with Gasteiger partial charge < -0.3 is 5.32 Å². The third-order valence-electron chi connectivity index (χ3n) is 2.49. The van der Waals surface area contributed by atoms with Gasteiger partial charge in [0.1, 0.15) is 9.84 Å². The fourth-order valence-corrected chi connectivity index (χ4v) is 2.83. The molecule has 0 saturated heterocycles. The third kappa shape index (κ3) is 6.90. The van der Waals surface area contributed by atoms with Crippen LogP contribution >= 0.6 is 0 Å². The van der Waals surface area contributed by atoms with Crippen molar-refractivity contribution in [3.8, 4) is 0 Å². The van der Waals surface area contributed by atoms with E-state index in [-0.39, 0.29) is 17.2 Å². The lowest BCUT2D eigenvalue weighted by molar-refractivity contribution is 0.248. The van der Waals surface area contributed by atoms with Crippen molar-refractivity contribution in [3.05, 3.63) is 0 Å². The maximum atomic E-state index is 11.1. The first-order valence-corrected chi connectivity index (χ1v) is 7.56. The lowest BCUT2D eigenvalue weighted by atomic mass is 9.85. The summed E-state index contributed by atoms with van der Waals surface area (Å²) in [6.45, 7) is 10.6. The molecule has 0 radical (unpaired) electrons. The fourth-order valence-electron chi connectivity index (χ4n) is 1.83. The van der Waals surface area contributed by atoms with Gasteiger partial charge in [-0.3, -0.25) is 0 Å². The average molecular weight is 235 g/mol. The van der Waals surface area contributed by atoms with Crippen LogP contribution in [0.1, 0.15) is 41.0 Å². The van der Waals surface area contributed by atoms with Gasteiger partial charge in [0.2, 0.25) is 0 Å². The molecular weight excluding hydrogens is 210 g/mol. The summed E-state index contributed by atoms with van der Waals surface area (Å²) in [7, 11) is -2.89. The van der Waals surface area contributed by atoms with Gasteiger partial charge in [0.15, 0.2) is 0 Å². The van der Waals surface area contributed by atoms with Gasteiger partial charge in [-0.25, -0.2) is 8.42 Å². The fraction of sp³-hybridized carbons (Fsp3) is 1.00. The minimum Gasteiger partial charge on any atom is -0.310 e. The van der Waals surface area contributed by atoms with Crippen LogP contribution in [0.4, 0.5) is 0 Å². The van der Waals surface area contributed by atoms with Crippen molar-refractivity contribution in [1.82, 2.24) is 5.32 Å². The minimum absolute atomic E-state index is 0.0178. The Labute approximate surface area is 94.6 Å². The third-order valence-corrected chi connectivity index (χ3v) is 3.60. The molecule has 0 aliphatic rings. The zero-order valence-electron chi connectivity index (χ0n) is 10.8. The topological polar surface area (TPSA) is 46.2 Å². The molecule has 0 aliphatic heterocycles. The highest BCUT2D eigenvalue weighted by Crippen LogP contribution is 2.22. The van der Waals surface area contributed by atoms with Gasteiger partial charge in [-0.15, -0.1) is 0 Å². The first-order valence-electron chi connectivity index (χ1n) is 5.50. The SMILES string of the molecule is CCC(NC(C)CS(C)(=O)=O)C(C)(C)C. The first kappa shape index (κ1) is 14.9. The molecule has 0 amide bonds. The molecule has 0 fully saturated rings. The molecule has 1 N–H and O–H groups in total. The zero-order valence-corrected chi connectivity index (χ0v) is 11.6. The molecule has 0 aromatic rings. The second kappa shape index (κ2) is 5.30. The van der Waals surface area contributed by atoms with E-state index in [2.05, 4.69) is 33.0 Å². The van der Waals surface area contributed by atoms with Crippen LogP contribution in [0.2, 0.25) is 0 Å². The van der Waals surface area contributed by atoms with Crippen LogP contribution in [0.5, 0.6) is 0 Å². The largest absolute Gasteiger partial charge is 0.310 e. The molecule has 0 aliphatic carbocycles. The second-order valence-electron chi connectivity index (χ2n) is 5.49. The Morgan fingerprint density at radius 2 is 1.73 bits per heavy atom. The molecule has 0 saturated carbocycles. The molecule has 0 heterocycles. The predicted molar refractivity (Wildman–Crippen MR) is 65.8 cm³/mol. The van der Waals surface area contributed by atoms with Gasteiger partial charge in [-0.05, 0) is 18.8 Å². The number of hydrogen-bond donors (Lipinski definition) is 1. The second-order valence-corrected chi connectivity index (χ2v) is 7.67. The molecule has 0 bridgehead atoms. The van der Waals surface area contributed by atoms with E-state index in [1.54, 1.807) is 0 Å². The summed E-state index contributed by atoms with van der Waals surface area (Å²) < 4.78 is 22.2. The van der Waals surface area contributed by atoms with Crippen molar-refractivity contribution in [2.45, 2.75) is 53.1 Å². The van der Waals surface area contributed by atoms with E-state index in [0.29, 0.717) is 6.04 Å². The number of rotatable bonds is 5. The summed E-state index contributed by atoms with van der Waals surface area (Å²) in [5.74, 6) is 0.208. The van der Waals surface area contributed by atoms with Crippen LogP contribution in [-0.4, -0.2) is 32.5 Å². The summed E-state index contributed by atoms with van der Waals surface area (Å²) in [6, 6.07) is 0.374. The van der Waals surface area contributed by atoms with Crippen molar-refractivity contribution in [3.63, 3.8) is 0 Å². The molecule has 15 heavy (non-hydrogen) atoms. The van der Waals surface area contributed by atoms with E-state index in [1.165, 1.54) is 6.26 Å². The maximum absolute atomic E-state index is 11.1. The standard InChI is InChI=1S/C11H25NO2S/c1-7-10(11(3,4)5)12-9(2)8-15(6,13)14/h9-10,12H,7-8H2,1-6H3. The average Bonchev–Trinajstić information content (AvgIpc) is 1.94. The summed E-state index contributed by atoms with van der Waals surface area (Å²) in [4.78, 5) is 0. The highest BCUT2D eigenvalue weighted by atomic mass is 32.2. The molecule has 3 nitrogen and oxygen atoms in total. The Morgan fingerprint density at radius 1 is 1.27 bits per heavy atom. The van der Waals surface area contributed by atoms with E-state index in [4.69, 9.17) is 0 Å². The van der Waals surface area contributed by atoms with Gasteiger partial charge in [0.25, 0.3) is 0 Å². The predicted octanol–water partition coefficient (Wildman–Crippen LogP) is 1.83. The van der Waals surface area contributed by atoms with Crippen LogP contribution in [0, 0.1) is 5.41 Å². The van der Waals surface area contributed by atoms with E-state index < -0.39 is 9.84 Å². The monoisotopic (exact) mass is 235 g/mol. The van der Waals surface area contributed by atoms with E-state index in [0.717, 1.165) is 6.42 Å². The smallest absolute Gasteiger partial charge is 0.148 e. The molecular formula is C11H25NO2S. The lowest BCUT2D eigenvalue weighted by Gasteiger charge is -2.33. The minimum atomic E-state index is -2.89. The Balaban J connectivity index is 4.32. The number of sulfone groups is 1. The van der Waals surface area contributed by atoms with Crippen molar-refractivity contribution >= 4 is 9.84 Å². The van der Waals surface area contributed by atoms with Crippen molar-refractivity contribution in [2.24, 2.45) is 5.41 Å². The maximum Gasteiger partial charge on any atom is 0.148 e. The molecule has 2 atom stereocenters. The molecule has 0 aromatic heterocycles. The van der Waals surface area contributed by atoms with E-state index in [1.807, 2.05) is 6.92 Å². The van der Waals surface area contributed by atoms with Gasteiger partial charge in [0.05, 0.1) is 5.75 Å². The Hall–Kier alpha value is -0.0900. The van der Waals surface area contributed by atoms with E-state index >= 15 is 0 Å². The molecule has 4 heteroatoms. The van der Waals surface area contributed by atoms with Crippen LogP contribution in [0.25, 0.3) is 0 Å². The van der Waals surface area contributed by atoms with E-state index in [9.17, 15) is 8.42 Å². The number of hydrogen-bond acceptors (Lipinski definition) is 3. The van der Waals surface area contributed by atoms with Gasteiger partial charge in [-0.1, -0.05) is 27.7 Å². The lowest BCUT2D eigenvalue weighted by Crippen LogP contribution is -2.46. The summed E-state index contributed by atoms with van der Waals surface area (Å²) in [5, 5.41) is 3.38. The van der Waals surface area contributed by atoms with Gasteiger partial charge >= 0.3 is 0 Å². The normalized spacial score (nSPS) is 17.5. The van der Waals surface area contributed by atoms with Crippen molar-refractivity contribution < 1.29 is 8.42 Å². The zero-order chi connectivity index (χ0) is 12.3. The summed E-state index contributed by atoms with van der Waals surface area (Å²) >= 11 is 0. The Morgan fingerprint density at radius 3 is 2.00 bits per heavy atom. The Kier molecular flexibility index (Phi) is 5.27. The van der Waals surface area contributed by atoms with Crippen molar-refractivity contribution in [1.29, 1.82) is 0 Å². The first-order chi connectivity index (χ1) is 6.56. The van der Waals surface area contributed by atoms with Gasteiger partial charge in [-0.2, -0.15) is 0 Å². The highest BCUT2D eigenvalue weighted by Gasteiger charge is 2.24. The van der Waals surface area contributed by atoms with Crippen LogP contribution in [0.15, 0.2) is 0 Å². The molecule has 92 valence electrons. The summed E-state index contributed by atoms with van der Waals surface area (Å²) in [6.07, 6.45) is 2.29. The quantitative estimate of drug-likeness (QED) is 0.791. The van der Waals surface area contributed by atoms with Crippen LogP contribution in [0.3, 0.4) is 0 Å². The number of nitrogens with one attached hydrogen (secondary N) is 1. The van der Waals surface area contributed by atoms with Gasteiger partial charge in [0, 0.05) is 18.3 Å². The van der Waals surface area contributed by atoms with Crippen LogP contribution in [-0.2, 0) is 9.84 Å². The Bertz CT molecular complexity index is 277. The molecule has 2 unspecified atom stereocenters. The molecule has 0 aromatic carbocycles.